The van der Waals surface area contributed by atoms with E-state index in [1.54, 1.807) is 36.0 Å². The summed E-state index contributed by atoms with van der Waals surface area (Å²) in [6, 6.07) is 24.4. The monoisotopic (exact) mass is 423 g/mol. The molecule has 0 saturated carbocycles. The van der Waals surface area contributed by atoms with E-state index in [-0.39, 0.29) is 17.7 Å². The molecule has 1 atom stereocenters. The highest BCUT2D eigenvalue weighted by molar-refractivity contribution is 7.98. The van der Waals surface area contributed by atoms with Crippen LogP contribution in [-0.4, -0.2) is 20.1 Å². The van der Waals surface area contributed by atoms with Crippen LogP contribution in [0, 0.1) is 0 Å². The molecule has 1 aliphatic rings. The van der Waals surface area contributed by atoms with E-state index in [9.17, 15) is 13.2 Å². The Kier molecular flexibility index (Phi) is 5.74. The van der Waals surface area contributed by atoms with Crippen LogP contribution in [0.1, 0.15) is 33.9 Å². The molecule has 1 unspecified atom stereocenters. The van der Waals surface area contributed by atoms with Crippen LogP contribution in [0.5, 0.6) is 0 Å². The summed E-state index contributed by atoms with van der Waals surface area (Å²) in [5.41, 5.74) is 2.49. The summed E-state index contributed by atoms with van der Waals surface area (Å²) in [6.45, 7) is 0. The molecule has 3 aromatic carbocycles. The molecular weight excluding hydrogens is 402 g/mol. The van der Waals surface area contributed by atoms with Gasteiger partial charge in [-0.05, 0) is 47.9 Å². The van der Waals surface area contributed by atoms with Gasteiger partial charge in [-0.3, -0.25) is 4.79 Å². The van der Waals surface area contributed by atoms with Gasteiger partial charge in [0.2, 0.25) is 0 Å². The van der Waals surface area contributed by atoms with Gasteiger partial charge in [-0.15, -0.1) is 11.8 Å². The SMILES string of the molecule is O=C(NC1CCS(=O)(=O)c2ccccc21)c1ccc(SCc2ccccc2)cc1. The summed E-state index contributed by atoms with van der Waals surface area (Å²) >= 11 is 1.72. The van der Waals surface area contributed by atoms with Crippen molar-refractivity contribution >= 4 is 27.5 Å². The molecule has 1 aliphatic heterocycles. The molecular formula is C23H21NO3S2. The molecule has 148 valence electrons. The number of hydrogen-bond acceptors (Lipinski definition) is 4. The molecule has 29 heavy (non-hydrogen) atoms. The van der Waals surface area contributed by atoms with E-state index < -0.39 is 9.84 Å². The van der Waals surface area contributed by atoms with E-state index in [0.717, 1.165) is 10.6 Å². The van der Waals surface area contributed by atoms with Gasteiger partial charge in [0.15, 0.2) is 9.84 Å². The number of amides is 1. The molecule has 0 spiro atoms. The fraction of sp³-hybridized carbons (Fsp3) is 0.174. The van der Waals surface area contributed by atoms with Gasteiger partial charge in [0.05, 0.1) is 16.7 Å². The second-order valence-corrected chi connectivity index (χ2v) is 10.1. The van der Waals surface area contributed by atoms with Gasteiger partial charge in [-0.2, -0.15) is 0 Å². The highest BCUT2D eigenvalue weighted by Crippen LogP contribution is 2.32. The Bertz CT molecular complexity index is 1110. The third kappa shape index (κ3) is 4.54. The Balaban J connectivity index is 1.43. The van der Waals surface area contributed by atoms with E-state index in [1.807, 2.05) is 42.5 Å². The summed E-state index contributed by atoms with van der Waals surface area (Å²) in [4.78, 5) is 14.1. The molecule has 0 radical (unpaired) electrons. The number of rotatable bonds is 5. The Morgan fingerprint density at radius 2 is 1.62 bits per heavy atom. The molecule has 6 heteroatoms. The predicted octanol–water partition coefficient (Wildman–Crippen LogP) is 4.63. The van der Waals surface area contributed by atoms with Crippen molar-refractivity contribution in [1.82, 2.24) is 5.32 Å². The molecule has 3 aromatic rings. The van der Waals surface area contributed by atoms with Crippen molar-refractivity contribution in [2.24, 2.45) is 0 Å². The third-order valence-corrected chi connectivity index (χ3v) is 7.87. The number of hydrogen-bond donors (Lipinski definition) is 1. The highest BCUT2D eigenvalue weighted by atomic mass is 32.2. The maximum Gasteiger partial charge on any atom is 0.251 e. The molecule has 0 aromatic heterocycles. The van der Waals surface area contributed by atoms with Gasteiger partial charge < -0.3 is 5.32 Å². The van der Waals surface area contributed by atoms with Crippen LogP contribution in [0.2, 0.25) is 0 Å². The Labute approximate surface area is 175 Å². The van der Waals surface area contributed by atoms with E-state index in [2.05, 4.69) is 17.4 Å². The van der Waals surface area contributed by atoms with Crippen molar-refractivity contribution in [1.29, 1.82) is 0 Å². The van der Waals surface area contributed by atoms with Crippen LogP contribution in [0.4, 0.5) is 0 Å². The maximum atomic E-state index is 12.7. The zero-order chi connectivity index (χ0) is 20.3. The van der Waals surface area contributed by atoms with E-state index in [0.29, 0.717) is 22.4 Å². The molecule has 0 saturated heterocycles. The lowest BCUT2D eigenvalue weighted by Crippen LogP contribution is -2.33. The van der Waals surface area contributed by atoms with Gasteiger partial charge in [0, 0.05) is 16.2 Å². The van der Waals surface area contributed by atoms with Gasteiger partial charge in [0.1, 0.15) is 0 Å². The van der Waals surface area contributed by atoms with Crippen molar-refractivity contribution in [3.63, 3.8) is 0 Å². The number of thioether (sulfide) groups is 1. The standard InChI is InChI=1S/C23H21NO3S2/c25-23(24-21-14-15-29(26,27)22-9-5-4-8-20(21)22)18-10-12-19(13-11-18)28-16-17-6-2-1-3-7-17/h1-13,21H,14-16H2,(H,24,25). The molecule has 4 rings (SSSR count). The number of fused-ring (bicyclic) bond motifs is 1. The molecule has 1 heterocycles. The Morgan fingerprint density at radius 3 is 2.38 bits per heavy atom. The minimum absolute atomic E-state index is 0.0457. The number of benzene rings is 3. The average molecular weight is 424 g/mol. The molecule has 4 nitrogen and oxygen atoms in total. The van der Waals surface area contributed by atoms with Crippen molar-refractivity contribution in [3.8, 4) is 0 Å². The van der Waals surface area contributed by atoms with E-state index >= 15 is 0 Å². The smallest absolute Gasteiger partial charge is 0.251 e. The van der Waals surface area contributed by atoms with Crippen molar-refractivity contribution in [2.75, 3.05) is 5.75 Å². The average Bonchev–Trinajstić information content (AvgIpc) is 2.75. The first-order valence-corrected chi connectivity index (χ1v) is 12.1. The van der Waals surface area contributed by atoms with Gasteiger partial charge in [0.25, 0.3) is 5.91 Å². The summed E-state index contributed by atoms with van der Waals surface area (Å²) in [7, 11) is -3.26. The molecule has 0 fully saturated rings. The minimum atomic E-state index is -3.26. The summed E-state index contributed by atoms with van der Waals surface area (Å²) in [6.07, 6.45) is 0.385. The van der Waals surface area contributed by atoms with Crippen LogP contribution in [-0.2, 0) is 15.6 Å². The van der Waals surface area contributed by atoms with Crippen molar-refractivity contribution in [3.05, 3.63) is 95.6 Å². The first kappa shape index (κ1) is 19.7. The third-order valence-electron chi connectivity index (χ3n) is 4.97. The zero-order valence-corrected chi connectivity index (χ0v) is 17.4. The highest BCUT2D eigenvalue weighted by Gasteiger charge is 2.30. The fourth-order valence-corrected chi connectivity index (χ4v) is 5.90. The van der Waals surface area contributed by atoms with E-state index in [4.69, 9.17) is 0 Å². The minimum Gasteiger partial charge on any atom is -0.345 e. The topological polar surface area (TPSA) is 63.2 Å². The zero-order valence-electron chi connectivity index (χ0n) is 15.7. The number of nitrogens with one attached hydrogen (secondary N) is 1. The Hall–Kier alpha value is -2.57. The quantitative estimate of drug-likeness (QED) is 0.608. The Morgan fingerprint density at radius 1 is 0.931 bits per heavy atom. The van der Waals surface area contributed by atoms with Crippen LogP contribution < -0.4 is 5.32 Å². The lowest BCUT2D eigenvalue weighted by molar-refractivity contribution is 0.0934. The largest absolute Gasteiger partial charge is 0.345 e. The van der Waals surface area contributed by atoms with Crippen LogP contribution in [0.15, 0.2) is 88.7 Å². The molecule has 0 bridgehead atoms. The number of carbonyl (C=O) groups excluding carboxylic acids is 1. The van der Waals surface area contributed by atoms with Crippen LogP contribution >= 0.6 is 11.8 Å². The summed E-state index contributed by atoms with van der Waals surface area (Å²) in [5, 5.41) is 3.00. The second-order valence-electron chi connectivity index (χ2n) is 6.97. The number of carbonyl (C=O) groups is 1. The summed E-state index contributed by atoms with van der Waals surface area (Å²) in [5.74, 6) is 0.729. The maximum absolute atomic E-state index is 12.7. The van der Waals surface area contributed by atoms with Gasteiger partial charge >= 0.3 is 0 Å². The molecule has 1 amide bonds. The van der Waals surface area contributed by atoms with Gasteiger partial charge in [-0.25, -0.2) is 8.42 Å². The predicted molar refractivity (Wildman–Crippen MR) is 116 cm³/mol. The van der Waals surface area contributed by atoms with E-state index in [1.165, 1.54) is 5.56 Å². The lowest BCUT2D eigenvalue weighted by Gasteiger charge is -2.26. The summed E-state index contributed by atoms with van der Waals surface area (Å²) < 4.78 is 24.5. The first-order chi connectivity index (χ1) is 14.0. The van der Waals surface area contributed by atoms with Crippen molar-refractivity contribution in [2.45, 2.75) is 28.0 Å². The second kappa shape index (κ2) is 8.43. The van der Waals surface area contributed by atoms with Crippen molar-refractivity contribution < 1.29 is 13.2 Å². The van der Waals surface area contributed by atoms with Crippen LogP contribution in [0.3, 0.4) is 0 Å². The molecule has 1 N–H and O–H groups in total. The normalized spacial score (nSPS) is 17.3. The lowest BCUT2D eigenvalue weighted by atomic mass is 10.0. The van der Waals surface area contributed by atoms with Crippen LogP contribution in [0.25, 0.3) is 0 Å². The number of sulfone groups is 1. The fourth-order valence-electron chi connectivity index (χ4n) is 3.43. The van der Waals surface area contributed by atoms with Gasteiger partial charge in [-0.1, -0.05) is 48.5 Å². The molecule has 0 aliphatic carbocycles. The first-order valence-electron chi connectivity index (χ1n) is 9.42.